The van der Waals surface area contributed by atoms with Gasteiger partial charge in [0.05, 0.1) is 12.3 Å². The number of nitroso groups, excluding NO2 is 1. The van der Waals surface area contributed by atoms with E-state index in [2.05, 4.69) is 53.6 Å². The molecule has 0 aliphatic heterocycles. The molecular formula is C14H24NO+. The Morgan fingerprint density at radius 2 is 1.44 bits per heavy atom. The van der Waals surface area contributed by atoms with Crippen molar-refractivity contribution in [2.75, 3.05) is 0 Å². The highest BCUT2D eigenvalue weighted by Crippen LogP contribution is 2.59. The number of rotatable bonds is 1. The van der Waals surface area contributed by atoms with Crippen molar-refractivity contribution in [2.45, 2.75) is 60.9 Å². The van der Waals surface area contributed by atoms with Crippen molar-refractivity contribution in [1.29, 1.82) is 0 Å². The molecule has 0 amide bonds. The largest absolute Gasteiger partial charge is 0.244 e. The summed E-state index contributed by atoms with van der Waals surface area (Å²) in [6.45, 7) is 16.9. The molecule has 2 heteroatoms. The first-order valence-corrected chi connectivity index (χ1v) is 5.91. The zero-order chi connectivity index (χ0) is 12.9. The highest BCUT2D eigenvalue weighted by atomic mass is 16.3. The predicted molar refractivity (Wildman–Crippen MR) is 69.1 cm³/mol. The Hall–Kier alpha value is -0.790. The van der Waals surface area contributed by atoms with Gasteiger partial charge in [0.1, 0.15) is 11.3 Å². The van der Waals surface area contributed by atoms with Crippen LogP contribution >= 0.6 is 0 Å². The molecule has 0 heterocycles. The standard InChI is InChI=1S/C14H24NO/c1-9-10(2)13(6,7)14(8,15-16)11(3)12(9,4)5/h1-8H3/q+1. The first-order valence-electron chi connectivity index (χ1n) is 5.91. The van der Waals surface area contributed by atoms with Crippen molar-refractivity contribution in [3.05, 3.63) is 22.0 Å². The topological polar surface area (TPSA) is 29.4 Å². The van der Waals surface area contributed by atoms with E-state index < -0.39 is 5.54 Å². The molecule has 1 aliphatic rings. The molecule has 0 aromatic carbocycles. The molecule has 2 nitrogen and oxygen atoms in total. The van der Waals surface area contributed by atoms with Crippen molar-refractivity contribution in [3.8, 4) is 0 Å². The van der Waals surface area contributed by atoms with Gasteiger partial charge in [-0.25, -0.2) is 0 Å². The summed E-state index contributed by atoms with van der Waals surface area (Å²) < 4.78 is 0. The Morgan fingerprint density at radius 1 is 1.00 bits per heavy atom. The molecule has 16 heavy (non-hydrogen) atoms. The summed E-state index contributed by atoms with van der Waals surface area (Å²) in [7, 11) is 0. The smallest absolute Gasteiger partial charge is 0.145 e. The molecule has 0 fully saturated rings. The summed E-state index contributed by atoms with van der Waals surface area (Å²) in [4.78, 5) is 11.4. The highest BCUT2D eigenvalue weighted by Gasteiger charge is 2.65. The van der Waals surface area contributed by atoms with E-state index in [1.165, 1.54) is 17.1 Å². The summed E-state index contributed by atoms with van der Waals surface area (Å²) in [6, 6.07) is 0. The van der Waals surface area contributed by atoms with E-state index >= 15 is 0 Å². The van der Waals surface area contributed by atoms with Crippen molar-refractivity contribution in [1.82, 2.24) is 0 Å². The van der Waals surface area contributed by atoms with Crippen LogP contribution in [0.3, 0.4) is 0 Å². The van der Waals surface area contributed by atoms with Crippen LogP contribution in [0.15, 0.2) is 16.3 Å². The number of hydrogen-bond acceptors (Lipinski definition) is 2. The van der Waals surface area contributed by atoms with Gasteiger partial charge in [-0.15, -0.1) is 4.91 Å². The maximum Gasteiger partial charge on any atom is 0.244 e. The zero-order valence-electron chi connectivity index (χ0n) is 11.9. The Balaban J connectivity index is 3.57. The van der Waals surface area contributed by atoms with Gasteiger partial charge < -0.3 is 0 Å². The molecule has 0 aromatic heterocycles. The van der Waals surface area contributed by atoms with E-state index in [9.17, 15) is 4.91 Å². The van der Waals surface area contributed by atoms with Crippen LogP contribution in [0.25, 0.3) is 0 Å². The van der Waals surface area contributed by atoms with Gasteiger partial charge in [0.15, 0.2) is 0 Å². The lowest BCUT2D eigenvalue weighted by atomic mass is 9.50. The summed E-state index contributed by atoms with van der Waals surface area (Å²) in [5, 5.41) is 3.47. The second kappa shape index (κ2) is 3.35. The molecule has 1 unspecified atom stereocenters. The minimum atomic E-state index is -0.611. The fourth-order valence-corrected chi connectivity index (χ4v) is 2.84. The lowest BCUT2D eigenvalue weighted by Gasteiger charge is -2.47. The summed E-state index contributed by atoms with van der Waals surface area (Å²) in [5.74, 6) is 1.17. The highest BCUT2D eigenvalue weighted by molar-refractivity contribution is 5.42. The van der Waals surface area contributed by atoms with Gasteiger partial charge in [0.25, 0.3) is 0 Å². The minimum Gasteiger partial charge on any atom is -0.145 e. The van der Waals surface area contributed by atoms with Crippen LogP contribution in [-0.2, 0) is 0 Å². The first kappa shape index (κ1) is 13.3. The van der Waals surface area contributed by atoms with Crippen LogP contribution in [0.5, 0.6) is 0 Å². The quantitative estimate of drug-likeness (QED) is 0.364. The van der Waals surface area contributed by atoms with Crippen LogP contribution in [0, 0.1) is 21.7 Å². The molecule has 1 aliphatic carbocycles. The minimum absolute atomic E-state index is 0.0394. The Morgan fingerprint density at radius 3 is 1.81 bits per heavy atom. The maximum absolute atomic E-state index is 11.4. The van der Waals surface area contributed by atoms with E-state index in [-0.39, 0.29) is 10.8 Å². The van der Waals surface area contributed by atoms with E-state index in [1.807, 2.05) is 6.92 Å². The van der Waals surface area contributed by atoms with Gasteiger partial charge in [0.2, 0.25) is 5.54 Å². The maximum atomic E-state index is 11.4. The van der Waals surface area contributed by atoms with Gasteiger partial charge in [0, 0.05) is 6.92 Å². The lowest BCUT2D eigenvalue weighted by molar-refractivity contribution is 0.169. The average Bonchev–Trinajstić information content (AvgIpc) is 2.22. The molecule has 0 spiro atoms. The van der Waals surface area contributed by atoms with Gasteiger partial charge >= 0.3 is 0 Å². The van der Waals surface area contributed by atoms with Gasteiger partial charge in [-0.3, -0.25) is 0 Å². The second-order valence-corrected chi connectivity index (χ2v) is 6.29. The van der Waals surface area contributed by atoms with Crippen molar-refractivity contribution < 1.29 is 0 Å². The van der Waals surface area contributed by atoms with Crippen LogP contribution < -0.4 is 0 Å². The van der Waals surface area contributed by atoms with E-state index in [0.717, 1.165) is 0 Å². The molecule has 90 valence electrons. The number of hydrogen-bond donors (Lipinski definition) is 0. The Bertz CT molecular complexity index is 352. The fraction of sp³-hybridized carbons (Fsp3) is 0.786. The number of allylic oxidation sites excluding steroid dienone is 1. The predicted octanol–water partition coefficient (Wildman–Crippen LogP) is 4.51. The second-order valence-electron chi connectivity index (χ2n) is 6.29. The normalized spacial score (nSPS) is 32.9. The van der Waals surface area contributed by atoms with Crippen LogP contribution in [0.2, 0.25) is 0 Å². The molecule has 0 bridgehead atoms. The molecule has 0 saturated heterocycles. The van der Waals surface area contributed by atoms with Crippen LogP contribution in [0.1, 0.15) is 55.4 Å². The van der Waals surface area contributed by atoms with Crippen molar-refractivity contribution in [2.24, 2.45) is 16.0 Å². The molecule has 0 saturated carbocycles. The third-order valence-corrected chi connectivity index (χ3v) is 5.50. The summed E-state index contributed by atoms with van der Waals surface area (Å²) >= 11 is 0. The molecule has 0 aromatic rings. The van der Waals surface area contributed by atoms with Gasteiger partial charge in [-0.1, -0.05) is 5.57 Å². The average molecular weight is 222 g/mol. The molecule has 0 radical (unpaired) electrons. The van der Waals surface area contributed by atoms with Gasteiger partial charge in [-0.05, 0) is 52.3 Å². The lowest BCUT2D eigenvalue weighted by Crippen LogP contribution is -2.54. The third-order valence-electron chi connectivity index (χ3n) is 5.50. The Kier molecular flexibility index (Phi) is 2.78. The first-order chi connectivity index (χ1) is 7.03. The van der Waals surface area contributed by atoms with E-state index in [0.29, 0.717) is 0 Å². The number of nitrogens with zero attached hydrogens (tertiary/aromatic N) is 1. The summed E-state index contributed by atoms with van der Waals surface area (Å²) in [5.41, 5.74) is 1.82. The van der Waals surface area contributed by atoms with Gasteiger partial charge in [-0.2, -0.15) is 0 Å². The van der Waals surface area contributed by atoms with Crippen LogP contribution in [-0.4, -0.2) is 5.54 Å². The van der Waals surface area contributed by atoms with Crippen molar-refractivity contribution in [3.63, 3.8) is 0 Å². The molecule has 0 N–H and O–H groups in total. The summed E-state index contributed by atoms with van der Waals surface area (Å²) in [6.07, 6.45) is 0. The Labute approximate surface area is 99.5 Å². The third kappa shape index (κ3) is 1.28. The fourth-order valence-electron chi connectivity index (χ4n) is 2.84. The van der Waals surface area contributed by atoms with E-state index in [1.54, 1.807) is 0 Å². The molecular weight excluding hydrogens is 198 g/mol. The SMILES string of the molecule is CC1=C(C)C(C)(C)C(C)(N=O)[C+](C)C1(C)C. The zero-order valence-corrected chi connectivity index (χ0v) is 11.9. The monoisotopic (exact) mass is 222 g/mol. The van der Waals surface area contributed by atoms with Crippen molar-refractivity contribution >= 4 is 0 Å². The molecule has 1 atom stereocenters. The van der Waals surface area contributed by atoms with Crippen LogP contribution in [0.4, 0.5) is 0 Å². The van der Waals surface area contributed by atoms with E-state index in [4.69, 9.17) is 0 Å². The molecule has 1 rings (SSSR count).